The second-order valence-electron chi connectivity index (χ2n) is 7.31. The van der Waals surface area contributed by atoms with Gasteiger partial charge in [0.05, 0.1) is 22.2 Å². The quantitative estimate of drug-likeness (QED) is 0.314. The Morgan fingerprint density at radius 1 is 1.06 bits per heavy atom. The summed E-state index contributed by atoms with van der Waals surface area (Å²) in [6, 6.07) is 5.09. The van der Waals surface area contributed by atoms with Gasteiger partial charge in [0.2, 0.25) is 0 Å². The monoisotopic (exact) mass is 444 g/mol. The van der Waals surface area contributed by atoms with Gasteiger partial charge >= 0.3 is 0 Å². The Labute approximate surface area is 179 Å². The lowest BCUT2D eigenvalue weighted by atomic mass is 10.0. The lowest BCUT2D eigenvalue weighted by molar-refractivity contribution is -0.114. The number of aryl methyl sites for hydroxylation is 1. The second-order valence-corrected chi connectivity index (χ2v) is 7.31. The minimum Gasteiger partial charge on any atom is -0.463 e. The molecule has 0 fully saturated rings. The van der Waals surface area contributed by atoms with E-state index in [1.54, 1.807) is 32.0 Å². The van der Waals surface area contributed by atoms with Crippen LogP contribution in [0, 0.1) is 30.2 Å². The first kappa shape index (κ1) is 21.5. The van der Waals surface area contributed by atoms with Gasteiger partial charge in [0.15, 0.2) is 28.7 Å². The zero-order valence-corrected chi connectivity index (χ0v) is 17.0. The third-order valence-corrected chi connectivity index (χ3v) is 5.00. The number of nitrogens with zero attached hydrogens (tertiary/aromatic N) is 2. The Morgan fingerprint density at radius 3 is 2.41 bits per heavy atom. The van der Waals surface area contributed by atoms with Crippen LogP contribution in [0.15, 0.2) is 50.4 Å². The summed E-state index contributed by atoms with van der Waals surface area (Å²) in [5.74, 6) is -7.86. The largest absolute Gasteiger partial charge is 0.463 e. The van der Waals surface area contributed by atoms with E-state index in [0.29, 0.717) is 17.4 Å². The number of fused-ring (bicyclic) bond motifs is 1. The zero-order chi connectivity index (χ0) is 23.2. The van der Waals surface area contributed by atoms with E-state index < -0.39 is 40.3 Å². The molecule has 1 aliphatic rings. The molecule has 4 rings (SSSR count). The van der Waals surface area contributed by atoms with Crippen LogP contribution in [-0.2, 0) is 4.79 Å². The average Bonchev–Trinajstić information content (AvgIpc) is 3.05. The van der Waals surface area contributed by atoms with Crippen LogP contribution < -0.4 is 10.4 Å². The normalized spacial score (nSPS) is 15.2. The molecule has 0 saturated heterocycles. The van der Waals surface area contributed by atoms with E-state index in [4.69, 9.17) is 4.42 Å². The van der Waals surface area contributed by atoms with Crippen LogP contribution in [0.4, 0.5) is 23.2 Å². The summed E-state index contributed by atoms with van der Waals surface area (Å²) >= 11 is 0. The van der Waals surface area contributed by atoms with E-state index >= 15 is 0 Å². The molecule has 9 heteroatoms. The topological polar surface area (TPSA) is 62.9 Å². The number of hydrazone groups is 1. The molecule has 0 aliphatic carbocycles. The molecule has 1 aromatic heterocycles. The van der Waals surface area contributed by atoms with Gasteiger partial charge in [-0.1, -0.05) is 25.0 Å². The lowest BCUT2D eigenvalue weighted by Crippen LogP contribution is -2.24. The highest BCUT2D eigenvalue weighted by atomic mass is 19.2. The first-order valence-corrected chi connectivity index (χ1v) is 9.72. The summed E-state index contributed by atoms with van der Waals surface area (Å²) in [6.45, 7) is 3.58. The van der Waals surface area contributed by atoms with Gasteiger partial charge in [0, 0.05) is 6.07 Å². The van der Waals surface area contributed by atoms with Crippen molar-refractivity contribution in [1.29, 1.82) is 0 Å². The van der Waals surface area contributed by atoms with Crippen LogP contribution in [0.2, 0.25) is 0 Å². The molecule has 1 amide bonds. The third-order valence-electron chi connectivity index (χ3n) is 5.00. The number of hydrogen-bond acceptors (Lipinski definition) is 4. The first-order chi connectivity index (χ1) is 15.2. The maximum absolute atomic E-state index is 14.3. The van der Waals surface area contributed by atoms with E-state index in [-0.39, 0.29) is 34.3 Å². The first-order valence-electron chi connectivity index (χ1n) is 9.72. The SMILES string of the molecule is CCCC1=NN(c2c(F)c(F)cc(F)c2F)C(=O)/C1=C\c1coc2ccc(C)cc2c1=O. The minimum absolute atomic E-state index is 0.0171. The van der Waals surface area contributed by atoms with Crippen LogP contribution in [0.3, 0.4) is 0 Å². The molecule has 2 heterocycles. The number of carbonyl (C=O) groups is 1. The van der Waals surface area contributed by atoms with Crippen LogP contribution in [0.25, 0.3) is 17.0 Å². The number of benzene rings is 2. The van der Waals surface area contributed by atoms with Crippen molar-refractivity contribution in [3.8, 4) is 0 Å². The standard InChI is InChI=1S/C23H16F4N2O3/c1-3-4-17-13(8-12-10-32-18-6-5-11(2)7-14(18)22(12)30)23(31)29(28-17)21-19(26)15(24)9-16(25)20(21)27/h5-10H,3-4H2,1-2H3/b13-8-. The summed E-state index contributed by atoms with van der Waals surface area (Å²) in [6.07, 6.45) is 3.09. The maximum atomic E-state index is 14.3. The summed E-state index contributed by atoms with van der Waals surface area (Å²) in [7, 11) is 0. The number of anilines is 1. The van der Waals surface area contributed by atoms with Gasteiger partial charge in [-0.3, -0.25) is 9.59 Å². The predicted octanol–water partition coefficient (Wildman–Crippen LogP) is 5.24. The fourth-order valence-electron chi connectivity index (χ4n) is 3.44. The number of halogens is 4. The van der Waals surface area contributed by atoms with Gasteiger partial charge in [-0.2, -0.15) is 10.1 Å². The molecule has 0 atom stereocenters. The summed E-state index contributed by atoms with van der Waals surface area (Å²) in [5.41, 5.74) is -0.499. The van der Waals surface area contributed by atoms with Crippen molar-refractivity contribution >= 4 is 34.4 Å². The molecular weight excluding hydrogens is 428 g/mol. The van der Waals surface area contributed by atoms with Gasteiger partial charge in [-0.15, -0.1) is 0 Å². The predicted molar refractivity (Wildman–Crippen MR) is 111 cm³/mol. The van der Waals surface area contributed by atoms with Crippen LogP contribution in [0.5, 0.6) is 0 Å². The third kappa shape index (κ3) is 3.49. The summed E-state index contributed by atoms with van der Waals surface area (Å²) < 4.78 is 61.4. The second kappa shape index (κ2) is 8.07. The molecule has 5 nitrogen and oxygen atoms in total. The summed E-state index contributed by atoms with van der Waals surface area (Å²) in [4.78, 5) is 25.9. The van der Waals surface area contributed by atoms with E-state index in [1.807, 2.05) is 0 Å². The molecule has 164 valence electrons. The highest BCUT2D eigenvalue weighted by Gasteiger charge is 2.36. The Bertz CT molecular complexity index is 1370. The average molecular weight is 444 g/mol. The van der Waals surface area contributed by atoms with Crippen molar-refractivity contribution in [2.45, 2.75) is 26.7 Å². The molecule has 32 heavy (non-hydrogen) atoms. The summed E-state index contributed by atoms with van der Waals surface area (Å²) in [5, 5.41) is 4.47. The molecule has 0 saturated carbocycles. The molecule has 0 radical (unpaired) electrons. The Morgan fingerprint density at radius 2 is 1.75 bits per heavy atom. The Hall–Kier alpha value is -3.75. The van der Waals surface area contributed by atoms with Crippen molar-refractivity contribution in [3.63, 3.8) is 0 Å². The van der Waals surface area contributed by atoms with Crippen molar-refractivity contribution < 1.29 is 26.8 Å². The number of rotatable bonds is 4. The lowest BCUT2D eigenvalue weighted by Gasteiger charge is -2.14. The van der Waals surface area contributed by atoms with Crippen LogP contribution in [0.1, 0.15) is 30.9 Å². The van der Waals surface area contributed by atoms with Crippen molar-refractivity contribution in [1.82, 2.24) is 0 Å². The van der Waals surface area contributed by atoms with Crippen molar-refractivity contribution in [3.05, 3.63) is 80.7 Å². The van der Waals surface area contributed by atoms with Gasteiger partial charge in [-0.05, 0) is 31.6 Å². The molecule has 1 aliphatic heterocycles. The smallest absolute Gasteiger partial charge is 0.280 e. The fraction of sp³-hybridized carbons (Fsp3) is 0.174. The highest BCUT2D eigenvalue weighted by molar-refractivity contribution is 6.32. The Kier molecular flexibility index (Phi) is 5.41. The molecule has 0 bridgehead atoms. The van der Waals surface area contributed by atoms with Gasteiger partial charge in [-0.25, -0.2) is 17.6 Å². The van der Waals surface area contributed by atoms with Gasteiger partial charge in [0.1, 0.15) is 17.5 Å². The van der Waals surface area contributed by atoms with E-state index in [2.05, 4.69) is 5.10 Å². The van der Waals surface area contributed by atoms with Crippen LogP contribution in [-0.4, -0.2) is 11.6 Å². The Balaban J connectivity index is 1.87. The van der Waals surface area contributed by atoms with Gasteiger partial charge in [0.25, 0.3) is 5.91 Å². The number of hydrogen-bond donors (Lipinski definition) is 0. The molecule has 0 N–H and O–H groups in total. The fourth-order valence-corrected chi connectivity index (χ4v) is 3.44. The van der Waals surface area contributed by atoms with Crippen molar-refractivity contribution in [2.75, 3.05) is 5.01 Å². The van der Waals surface area contributed by atoms with E-state index in [1.165, 1.54) is 6.08 Å². The maximum Gasteiger partial charge on any atom is 0.280 e. The molecular formula is C23H16F4N2O3. The van der Waals surface area contributed by atoms with E-state index in [0.717, 1.165) is 11.8 Å². The molecule has 0 unspecified atom stereocenters. The van der Waals surface area contributed by atoms with Crippen LogP contribution >= 0.6 is 0 Å². The highest BCUT2D eigenvalue weighted by Crippen LogP contribution is 2.33. The number of amides is 1. The molecule has 3 aromatic rings. The minimum atomic E-state index is -1.75. The number of carbonyl (C=O) groups excluding carboxylic acids is 1. The van der Waals surface area contributed by atoms with Gasteiger partial charge < -0.3 is 4.42 Å². The van der Waals surface area contributed by atoms with E-state index in [9.17, 15) is 27.2 Å². The molecule has 0 spiro atoms. The molecule has 2 aromatic carbocycles. The zero-order valence-electron chi connectivity index (χ0n) is 17.0. The van der Waals surface area contributed by atoms with Crippen molar-refractivity contribution in [2.24, 2.45) is 5.10 Å².